The molecule has 0 bridgehead atoms. The maximum Gasteiger partial charge on any atom is 0.243 e. The molecule has 0 aromatic heterocycles. The maximum absolute atomic E-state index is 13.4. The molecule has 0 saturated heterocycles. The van der Waals surface area contributed by atoms with Gasteiger partial charge in [-0.15, -0.1) is 6.58 Å². The third kappa shape index (κ3) is 11.2. The molecule has 0 radical (unpaired) electrons. The van der Waals surface area contributed by atoms with Crippen LogP contribution in [0.3, 0.4) is 0 Å². The lowest BCUT2D eigenvalue weighted by Crippen LogP contribution is -2.59. The van der Waals surface area contributed by atoms with Crippen molar-refractivity contribution in [2.75, 3.05) is 13.1 Å². The standard InChI is InChI=1S/C26H41N9O4/c1-5-12-32-22(37)17(14-15-8-10-16(11-9-15)20(27)28)23(38)35-19(26(2,3)4)24(39)34-18(21(29)36)7-6-13-33-25(30)31/h5,8-11,17-19H,1,6-7,12-14H2,2-4H3,(H3,27,28)(H2,29,36)(H,32,37)(H,34,39)(H,35,38)(H4,30,31,33)/t17?,18-,19?/m0/s1. The number of guanidine groups is 1. The van der Waals surface area contributed by atoms with E-state index in [0.29, 0.717) is 17.5 Å². The molecule has 0 aliphatic heterocycles. The Bertz CT molecular complexity index is 1070. The summed E-state index contributed by atoms with van der Waals surface area (Å²) in [6.07, 6.45) is 2.08. The second kappa shape index (κ2) is 15.1. The molecule has 0 fully saturated rings. The zero-order valence-corrected chi connectivity index (χ0v) is 22.8. The van der Waals surface area contributed by atoms with Gasteiger partial charge in [-0.1, -0.05) is 51.1 Å². The molecular weight excluding hydrogens is 502 g/mol. The summed E-state index contributed by atoms with van der Waals surface area (Å²) in [5.74, 6) is -3.98. The molecule has 12 N–H and O–H groups in total. The molecule has 1 aromatic rings. The number of rotatable bonds is 15. The smallest absolute Gasteiger partial charge is 0.243 e. The monoisotopic (exact) mass is 543 g/mol. The van der Waals surface area contributed by atoms with Gasteiger partial charge in [0.2, 0.25) is 23.6 Å². The van der Waals surface area contributed by atoms with Crippen LogP contribution >= 0.6 is 0 Å². The van der Waals surface area contributed by atoms with Gasteiger partial charge in [-0.05, 0) is 30.2 Å². The van der Waals surface area contributed by atoms with Crippen molar-refractivity contribution >= 4 is 35.4 Å². The van der Waals surface area contributed by atoms with Gasteiger partial charge in [0.25, 0.3) is 0 Å². The van der Waals surface area contributed by atoms with Crippen LogP contribution in [0.15, 0.2) is 41.9 Å². The van der Waals surface area contributed by atoms with Crippen molar-refractivity contribution in [3.63, 3.8) is 0 Å². The molecule has 4 amide bonds. The van der Waals surface area contributed by atoms with E-state index in [9.17, 15) is 19.2 Å². The number of hydrogen-bond acceptors (Lipinski definition) is 6. The summed E-state index contributed by atoms with van der Waals surface area (Å²) in [6, 6.07) is 4.48. The Kier molecular flexibility index (Phi) is 12.6. The lowest BCUT2D eigenvalue weighted by Gasteiger charge is -2.32. The first-order valence-corrected chi connectivity index (χ1v) is 12.4. The summed E-state index contributed by atoms with van der Waals surface area (Å²) in [7, 11) is 0. The highest BCUT2D eigenvalue weighted by molar-refractivity contribution is 6.02. The van der Waals surface area contributed by atoms with Gasteiger partial charge in [0.1, 0.15) is 23.8 Å². The van der Waals surface area contributed by atoms with E-state index in [-0.39, 0.29) is 37.7 Å². The van der Waals surface area contributed by atoms with E-state index < -0.39 is 47.0 Å². The van der Waals surface area contributed by atoms with Crippen molar-refractivity contribution in [3.8, 4) is 0 Å². The zero-order chi connectivity index (χ0) is 29.8. The number of amides is 4. The van der Waals surface area contributed by atoms with Crippen molar-refractivity contribution in [2.45, 2.75) is 52.1 Å². The number of nitrogens with one attached hydrogen (secondary N) is 4. The van der Waals surface area contributed by atoms with Crippen LogP contribution in [0, 0.1) is 16.7 Å². The summed E-state index contributed by atoms with van der Waals surface area (Å²) in [5.41, 5.74) is 22.0. The van der Waals surface area contributed by atoms with E-state index in [2.05, 4.69) is 27.5 Å². The molecule has 2 unspecified atom stereocenters. The van der Waals surface area contributed by atoms with E-state index in [1.54, 1.807) is 45.0 Å². The number of amidine groups is 1. The molecule has 0 spiro atoms. The van der Waals surface area contributed by atoms with Crippen molar-refractivity contribution in [1.29, 1.82) is 5.41 Å². The van der Waals surface area contributed by atoms with Gasteiger partial charge in [0.15, 0.2) is 5.96 Å². The van der Waals surface area contributed by atoms with Crippen LogP contribution in [0.4, 0.5) is 0 Å². The number of nitrogen functional groups attached to an aromatic ring is 1. The van der Waals surface area contributed by atoms with E-state index >= 15 is 0 Å². The minimum Gasteiger partial charge on any atom is -0.384 e. The number of nitrogens with zero attached hydrogens (tertiary/aromatic N) is 1. The number of carbonyl (C=O) groups is 4. The highest BCUT2D eigenvalue weighted by atomic mass is 16.2. The van der Waals surface area contributed by atoms with Gasteiger partial charge in [-0.2, -0.15) is 0 Å². The van der Waals surface area contributed by atoms with Crippen LogP contribution in [0.25, 0.3) is 0 Å². The number of aliphatic imine (C=N–C) groups is 1. The Hall–Kier alpha value is -4.42. The molecule has 0 aliphatic rings. The van der Waals surface area contributed by atoms with E-state index in [4.69, 9.17) is 28.3 Å². The van der Waals surface area contributed by atoms with Crippen molar-refractivity contribution in [3.05, 3.63) is 48.0 Å². The third-order valence-electron chi connectivity index (χ3n) is 5.78. The predicted octanol–water partition coefficient (Wildman–Crippen LogP) is -1.01. The fraction of sp³-hybridized carbons (Fsp3) is 0.462. The second-order valence-electron chi connectivity index (χ2n) is 10.1. The van der Waals surface area contributed by atoms with Crippen LogP contribution in [0.5, 0.6) is 0 Å². The Balaban J connectivity index is 3.13. The lowest BCUT2D eigenvalue weighted by atomic mass is 9.85. The highest BCUT2D eigenvalue weighted by Gasteiger charge is 2.37. The summed E-state index contributed by atoms with van der Waals surface area (Å²) < 4.78 is 0. The Morgan fingerprint density at radius 3 is 2.10 bits per heavy atom. The molecule has 13 heteroatoms. The van der Waals surface area contributed by atoms with Crippen LogP contribution in [0.2, 0.25) is 0 Å². The lowest BCUT2D eigenvalue weighted by molar-refractivity contribution is -0.139. The first kappa shape index (κ1) is 32.6. The average molecular weight is 544 g/mol. The van der Waals surface area contributed by atoms with Crippen LogP contribution in [0.1, 0.15) is 44.7 Å². The Labute approximate surface area is 228 Å². The molecule has 0 aliphatic carbocycles. The number of carbonyl (C=O) groups excluding carboxylic acids is 4. The number of hydrogen-bond donors (Lipinski definition) is 8. The van der Waals surface area contributed by atoms with Gasteiger partial charge < -0.3 is 38.9 Å². The molecule has 0 heterocycles. The fourth-order valence-electron chi connectivity index (χ4n) is 3.62. The summed E-state index contributed by atoms with van der Waals surface area (Å²) in [5, 5.41) is 15.5. The van der Waals surface area contributed by atoms with Gasteiger partial charge >= 0.3 is 0 Å². The topological polar surface area (TPSA) is 245 Å². The fourth-order valence-corrected chi connectivity index (χ4v) is 3.62. The largest absolute Gasteiger partial charge is 0.384 e. The van der Waals surface area contributed by atoms with E-state index in [1.165, 1.54) is 6.08 Å². The number of primary amides is 1. The van der Waals surface area contributed by atoms with Gasteiger partial charge in [0, 0.05) is 18.7 Å². The molecular formula is C26H41N9O4. The molecule has 0 saturated carbocycles. The molecule has 1 rings (SSSR count). The minimum absolute atomic E-state index is 0.0280. The summed E-state index contributed by atoms with van der Waals surface area (Å²) in [4.78, 5) is 55.4. The van der Waals surface area contributed by atoms with Crippen LogP contribution in [-0.2, 0) is 25.6 Å². The molecule has 1 aromatic carbocycles. The zero-order valence-electron chi connectivity index (χ0n) is 22.8. The molecule has 214 valence electrons. The van der Waals surface area contributed by atoms with Crippen molar-refractivity contribution in [2.24, 2.45) is 39.3 Å². The third-order valence-corrected chi connectivity index (χ3v) is 5.78. The van der Waals surface area contributed by atoms with Crippen LogP contribution in [-0.4, -0.2) is 60.6 Å². The van der Waals surface area contributed by atoms with Crippen molar-refractivity contribution in [1.82, 2.24) is 16.0 Å². The van der Waals surface area contributed by atoms with Gasteiger partial charge in [-0.25, -0.2) is 0 Å². The van der Waals surface area contributed by atoms with Gasteiger partial charge in [0.05, 0.1) is 0 Å². The van der Waals surface area contributed by atoms with Crippen LogP contribution < -0.4 is 38.9 Å². The minimum atomic E-state index is -1.18. The Morgan fingerprint density at radius 2 is 1.62 bits per heavy atom. The molecule has 13 nitrogen and oxygen atoms in total. The first-order valence-electron chi connectivity index (χ1n) is 12.4. The average Bonchev–Trinajstić information content (AvgIpc) is 2.85. The van der Waals surface area contributed by atoms with E-state index in [0.717, 1.165) is 0 Å². The molecule has 3 atom stereocenters. The Morgan fingerprint density at radius 1 is 1.00 bits per heavy atom. The van der Waals surface area contributed by atoms with Gasteiger partial charge in [-0.3, -0.25) is 29.6 Å². The van der Waals surface area contributed by atoms with Crippen molar-refractivity contribution < 1.29 is 19.2 Å². The molecule has 39 heavy (non-hydrogen) atoms. The second-order valence-corrected chi connectivity index (χ2v) is 10.1. The SMILES string of the molecule is C=CCNC(=O)C(Cc1ccc(C(=N)N)cc1)C(=O)NC(C(=O)N[C@@H](CCCN=C(N)N)C(N)=O)C(C)(C)C. The first-order chi connectivity index (χ1) is 18.2. The number of nitrogens with two attached hydrogens (primary N) is 4. The maximum atomic E-state index is 13.4. The quantitative estimate of drug-likeness (QED) is 0.0449. The summed E-state index contributed by atoms with van der Waals surface area (Å²) >= 11 is 0. The van der Waals surface area contributed by atoms with E-state index in [1.807, 2.05) is 0 Å². The normalized spacial score (nSPS) is 13.2. The number of benzene rings is 1. The summed E-state index contributed by atoms with van der Waals surface area (Å²) in [6.45, 7) is 9.18. The highest BCUT2D eigenvalue weighted by Crippen LogP contribution is 2.21. The predicted molar refractivity (Wildman–Crippen MR) is 150 cm³/mol.